The van der Waals surface area contributed by atoms with Gasteiger partial charge in [-0.15, -0.1) is 5.10 Å². The molecular weight excluding hydrogens is 288 g/mol. The number of carbonyl (C=O) groups is 1. The quantitative estimate of drug-likeness (QED) is 0.694. The van der Waals surface area contributed by atoms with Crippen LogP contribution >= 0.6 is 0 Å². The zero-order valence-electron chi connectivity index (χ0n) is 13.0. The van der Waals surface area contributed by atoms with Crippen molar-refractivity contribution in [3.63, 3.8) is 0 Å². The van der Waals surface area contributed by atoms with Crippen molar-refractivity contribution in [2.75, 3.05) is 7.05 Å². The fourth-order valence-corrected chi connectivity index (χ4v) is 3.03. The van der Waals surface area contributed by atoms with Crippen LogP contribution in [0.15, 0.2) is 48.5 Å². The summed E-state index contributed by atoms with van der Waals surface area (Å²) in [6.45, 7) is 2.53. The molecule has 0 saturated carbocycles. The van der Waals surface area contributed by atoms with Crippen molar-refractivity contribution in [2.45, 2.75) is 13.5 Å². The Labute approximate surface area is 134 Å². The highest BCUT2D eigenvalue weighted by atomic mass is 16.2. The van der Waals surface area contributed by atoms with Gasteiger partial charge in [0.2, 0.25) is 0 Å². The van der Waals surface area contributed by atoms with Crippen molar-refractivity contribution in [3.05, 3.63) is 65.4 Å². The van der Waals surface area contributed by atoms with Crippen molar-refractivity contribution in [2.24, 2.45) is 0 Å². The van der Waals surface area contributed by atoms with E-state index in [9.17, 15) is 4.79 Å². The van der Waals surface area contributed by atoms with Crippen molar-refractivity contribution in [1.29, 1.82) is 0 Å². The molecule has 0 saturated heterocycles. The summed E-state index contributed by atoms with van der Waals surface area (Å²) in [6.07, 6.45) is 0. The zero-order valence-corrected chi connectivity index (χ0v) is 13.0. The molecule has 5 nitrogen and oxygen atoms in total. The molecule has 5 heteroatoms. The molecule has 1 aliphatic rings. The molecule has 1 aliphatic heterocycles. The highest BCUT2D eigenvalue weighted by Gasteiger charge is 2.27. The van der Waals surface area contributed by atoms with Crippen LogP contribution in [-0.4, -0.2) is 32.8 Å². The van der Waals surface area contributed by atoms with Crippen molar-refractivity contribution >= 4 is 5.91 Å². The van der Waals surface area contributed by atoms with E-state index in [4.69, 9.17) is 0 Å². The fraction of sp³-hybridized carbons (Fsp3) is 0.167. The number of rotatable bonds is 1. The summed E-state index contributed by atoms with van der Waals surface area (Å²) >= 11 is 0. The van der Waals surface area contributed by atoms with Gasteiger partial charge in [0.25, 0.3) is 5.91 Å². The van der Waals surface area contributed by atoms with E-state index in [2.05, 4.69) is 23.3 Å². The molecule has 4 rings (SSSR count). The Bertz CT molecular complexity index is 913. The molecule has 2 heterocycles. The monoisotopic (exact) mass is 304 g/mol. The van der Waals surface area contributed by atoms with Crippen LogP contribution in [-0.2, 0) is 6.54 Å². The van der Waals surface area contributed by atoms with Crippen LogP contribution in [0.2, 0.25) is 0 Å². The largest absolute Gasteiger partial charge is 0.336 e. The van der Waals surface area contributed by atoms with Gasteiger partial charge in [0.1, 0.15) is 5.69 Å². The van der Waals surface area contributed by atoms with Gasteiger partial charge in [0, 0.05) is 12.6 Å². The molecule has 0 radical (unpaired) electrons. The van der Waals surface area contributed by atoms with Gasteiger partial charge in [0.05, 0.1) is 23.5 Å². The van der Waals surface area contributed by atoms with Crippen LogP contribution in [0.4, 0.5) is 0 Å². The highest BCUT2D eigenvalue weighted by Crippen LogP contribution is 2.30. The minimum absolute atomic E-state index is 0.00170. The number of fused-ring (bicyclic) bond motifs is 3. The van der Waals surface area contributed by atoms with Gasteiger partial charge in [-0.3, -0.25) is 4.79 Å². The van der Waals surface area contributed by atoms with Crippen molar-refractivity contribution in [1.82, 2.24) is 19.9 Å². The third-order valence-electron chi connectivity index (χ3n) is 4.26. The molecule has 0 aliphatic carbocycles. The number of carbonyl (C=O) groups excluding carboxylic acids is 1. The third-order valence-corrected chi connectivity index (χ3v) is 4.26. The van der Waals surface area contributed by atoms with E-state index in [0.29, 0.717) is 12.1 Å². The van der Waals surface area contributed by atoms with Crippen LogP contribution in [0.1, 0.15) is 21.6 Å². The van der Waals surface area contributed by atoms with E-state index in [0.717, 1.165) is 28.2 Å². The van der Waals surface area contributed by atoms with Gasteiger partial charge in [-0.25, -0.2) is 4.68 Å². The van der Waals surface area contributed by atoms with Crippen molar-refractivity contribution < 1.29 is 4.79 Å². The first-order valence-electron chi connectivity index (χ1n) is 7.52. The molecule has 0 fully saturated rings. The summed E-state index contributed by atoms with van der Waals surface area (Å²) < 4.78 is 1.79. The summed E-state index contributed by atoms with van der Waals surface area (Å²) in [7, 11) is 1.81. The molecule has 0 spiro atoms. The average Bonchev–Trinajstić information content (AvgIpc) is 2.93. The lowest BCUT2D eigenvalue weighted by atomic mass is 10.0. The standard InChI is InChI=1S/C18H16N4O/c1-12-7-3-4-8-13(12)17-16-11-21(2)18(23)14-9-5-6-10-15(14)22(16)20-19-17/h3-10H,11H2,1-2H3. The first-order valence-corrected chi connectivity index (χ1v) is 7.52. The first kappa shape index (κ1) is 13.7. The normalized spacial score (nSPS) is 13.5. The fourth-order valence-electron chi connectivity index (χ4n) is 3.03. The van der Waals surface area contributed by atoms with E-state index in [1.165, 1.54) is 0 Å². The second-order valence-corrected chi connectivity index (χ2v) is 5.79. The molecule has 2 aromatic carbocycles. The SMILES string of the molecule is Cc1ccccc1-c1nnn2c1CN(C)C(=O)c1ccccc1-2. The van der Waals surface area contributed by atoms with Gasteiger partial charge in [0.15, 0.2) is 0 Å². The topological polar surface area (TPSA) is 51.0 Å². The first-order chi connectivity index (χ1) is 11.2. The number of aryl methyl sites for hydroxylation is 1. The number of benzene rings is 2. The summed E-state index contributed by atoms with van der Waals surface area (Å²) in [5, 5.41) is 8.74. The molecule has 0 bridgehead atoms. The van der Waals surface area contributed by atoms with E-state index in [1.807, 2.05) is 49.5 Å². The predicted molar refractivity (Wildman–Crippen MR) is 87.3 cm³/mol. The van der Waals surface area contributed by atoms with Gasteiger partial charge in [-0.05, 0) is 24.6 Å². The molecule has 23 heavy (non-hydrogen) atoms. The molecular formula is C18H16N4O. The number of para-hydroxylation sites is 1. The lowest BCUT2D eigenvalue weighted by Gasteiger charge is -2.14. The van der Waals surface area contributed by atoms with E-state index < -0.39 is 0 Å². The summed E-state index contributed by atoms with van der Waals surface area (Å²) in [6, 6.07) is 15.6. The molecule has 1 aromatic heterocycles. The van der Waals surface area contributed by atoms with E-state index in [-0.39, 0.29) is 5.91 Å². The van der Waals surface area contributed by atoms with Gasteiger partial charge in [-0.1, -0.05) is 41.6 Å². The minimum atomic E-state index is 0.00170. The maximum Gasteiger partial charge on any atom is 0.256 e. The molecule has 0 N–H and O–H groups in total. The summed E-state index contributed by atoms with van der Waals surface area (Å²) in [5.74, 6) is 0.00170. The molecule has 3 aromatic rings. The predicted octanol–water partition coefficient (Wildman–Crippen LogP) is 2.83. The number of hydrogen-bond acceptors (Lipinski definition) is 3. The molecule has 1 amide bonds. The second-order valence-electron chi connectivity index (χ2n) is 5.79. The maximum absolute atomic E-state index is 12.6. The smallest absolute Gasteiger partial charge is 0.256 e. The lowest BCUT2D eigenvalue weighted by molar-refractivity contribution is 0.0788. The molecule has 0 unspecified atom stereocenters. The van der Waals surface area contributed by atoms with Crippen LogP contribution in [0.3, 0.4) is 0 Å². The zero-order chi connectivity index (χ0) is 16.0. The van der Waals surface area contributed by atoms with Gasteiger partial charge >= 0.3 is 0 Å². The average molecular weight is 304 g/mol. The van der Waals surface area contributed by atoms with Crippen molar-refractivity contribution in [3.8, 4) is 16.9 Å². The summed E-state index contributed by atoms with van der Waals surface area (Å²) in [5.41, 5.74) is 5.38. The number of aromatic nitrogens is 3. The highest BCUT2D eigenvalue weighted by molar-refractivity contribution is 5.98. The van der Waals surface area contributed by atoms with Gasteiger partial charge < -0.3 is 4.90 Å². The Kier molecular flexibility index (Phi) is 3.01. The van der Waals surface area contributed by atoms with Crippen LogP contribution in [0, 0.1) is 6.92 Å². The summed E-state index contributed by atoms with van der Waals surface area (Å²) in [4.78, 5) is 14.3. The Hall–Kier alpha value is -2.95. The second kappa shape index (κ2) is 5.05. The number of hydrogen-bond donors (Lipinski definition) is 0. The lowest BCUT2D eigenvalue weighted by Crippen LogP contribution is -2.25. The van der Waals surface area contributed by atoms with Crippen LogP contribution < -0.4 is 0 Å². The minimum Gasteiger partial charge on any atom is -0.336 e. The number of nitrogens with zero attached hydrogens (tertiary/aromatic N) is 4. The maximum atomic E-state index is 12.6. The Morgan fingerprint density at radius 2 is 1.70 bits per heavy atom. The molecule has 0 atom stereocenters. The van der Waals surface area contributed by atoms with Gasteiger partial charge in [-0.2, -0.15) is 0 Å². The Balaban J connectivity index is 1.98. The van der Waals surface area contributed by atoms with Crippen LogP contribution in [0.5, 0.6) is 0 Å². The van der Waals surface area contributed by atoms with E-state index in [1.54, 1.807) is 9.58 Å². The number of amides is 1. The Morgan fingerprint density at radius 3 is 2.48 bits per heavy atom. The molecule has 114 valence electrons. The third kappa shape index (κ3) is 2.04. The van der Waals surface area contributed by atoms with E-state index >= 15 is 0 Å². The Morgan fingerprint density at radius 1 is 1.00 bits per heavy atom. The van der Waals surface area contributed by atoms with Crippen LogP contribution in [0.25, 0.3) is 16.9 Å².